The zero-order valence-corrected chi connectivity index (χ0v) is 11.0. The maximum absolute atomic E-state index is 12.5. The fraction of sp³-hybridized carbons (Fsp3) is 0.333. The van der Waals surface area contributed by atoms with Gasteiger partial charge in [0.1, 0.15) is 0 Å². The highest BCUT2D eigenvalue weighted by molar-refractivity contribution is 6.05. The van der Waals surface area contributed by atoms with E-state index in [1.54, 1.807) is 4.90 Å². The van der Waals surface area contributed by atoms with E-state index < -0.39 is 5.97 Å². The molecular weight excluding hydrogens is 256 g/mol. The summed E-state index contributed by atoms with van der Waals surface area (Å²) in [5.41, 5.74) is 1.50. The van der Waals surface area contributed by atoms with Crippen LogP contribution in [-0.4, -0.2) is 40.0 Å². The number of amides is 1. The van der Waals surface area contributed by atoms with E-state index in [9.17, 15) is 9.59 Å². The first kappa shape index (κ1) is 12.7. The number of carbonyl (C=O) groups excluding carboxylic acids is 1. The number of para-hydroxylation sites is 1. The number of aromatic nitrogens is 1. The molecule has 1 aromatic carbocycles. The molecule has 104 valence electrons. The van der Waals surface area contributed by atoms with Crippen LogP contribution in [0, 0.1) is 5.92 Å². The van der Waals surface area contributed by atoms with E-state index in [1.165, 1.54) is 0 Å². The molecule has 1 saturated heterocycles. The van der Waals surface area contributed by atoms with Gasteiger partial charge < -0.3 is 15.0 Å². The Balaban J connectivity index is 1.80. The molecule has 0 aliphatic carbocycles. The lowest BCUT2D eigenvalue weighted by Crippen LogP contribution is -2.29. The van der Waals surface area contributed by atoms with Gasteiger partial charge in [-0.2, -0.15) is 0 Å². The van der Waals surface area contributed by atoms with Crippen molar-refractivity contribution in [3.8, 4) is 0 Å². The van der Waals surface area contributed by atoms with Crippen molar-refractivity contribution in [3.05, 3.63) is 36.0 Å². The maximum Gasteiger partial charge on any atom is 0.303 e. The van der Waals surface area contributed by atoms with Gasteiger partial charge in [-0.15, -0.1) is 0 Å². The van der Waals surface area contributed by atoms with Crippen LogP contribution >= 0.6 is 0 Å². The van der Waals surface area contributed by atoms with Crippen LogP contribution in [0.1, 0.15) is 23.2 Å². The molecule has 1 unspecified atom stereocenters. The quantitative estimate of drug-likeness (QED) is 0.898. The molecule has 2 heterocycles. The number of benzene rings is 1. The van der Waals surface area contributed by atoms with E-state index in [-0.39, 0.29) is 18.2 Å². The van der Waals surface area contributed by atoms with Crippen LogP contribution in [0.2, 0.25) is 0 Å². The highest BCUT2D eigenvalue weighted by atomic mass is 16.4. The minimum Gasteiger partial charge on any atom is -0.481 e. The lowest BCUT2D eigenvalue weighted by Gasteiger charge is -2.16. The van der Waals surface area contributed by atoms with Crippen molar-refractivity contribution in [3.63, 3.8) is 0 Å². The lowest BCUT2D eigenvalue weighted by atomic mass is 10.1. The van der Waals surface area contributed by atoms with Gasteiger partial charge in [0.2, 0.25) is 0 Å². The summed E-state index contributed by atoms with van der Waals surface area (Å²) in [7, 11) is 0. The van der Waals surface area contributed by atoms with Crippen LogP contribution in [0.4, 0.5) is 0 Å². The molecule has 2 N–H and O–H groups in total. The Labute approximate surface area is 116 Å². The molecule has 5 heteroatoms. The number of fused-ring (bicyclic) bond motifs is 1. The first-order valence-corrected chi connectivity index (χ1v) is 6.72. The number of nitrogens with zero attached hydrogens (tertiary/aromatic N) is 1. The number of likely N-dealkylation sites (tertiary alicyclic amines) is 1. The van der Waals surface area contributed by atoms with E-state index in [2.05, 4.69) is 4.98 Å². The molecule has 0 bridgehead atoms. The zero-order valence-electron chi connectivity index (χ0n) is 11.0. The van der Waals surface area contributed by atoms with Crippen LogP contribution in [0.5, 0.6) is 0 Å². The van der Waals surface area contributed by atoms with Crippen molar-refractivity contribution < 1.29 is 14.7 Å². The second-order valence-electron chi connectivity index (χ2n) is 5.25. The van der Waals surface area contributed by atoms with Gasteiger partial charge in [-0.25, -0.2) is 0 Å². The van der Waals surface area contributed by atoms with Gasteiger partial charge in [0.15, 0.2) is 0 Å². The minimum atomic E-state index is -0.796. The van der Waals surface area contributed by atoms with Crippen LogP contribution in [0.25, 0.3) is 10.9 Å². The van der Waals surface area contributed by atoms with Crippen molar-refractivity contribution in [1.82, 2.24) is 9.88 Å². The number of aliphatic carboxylic acids is 1. The van der Waals surface area contributed by atoms with Gasteiger partial charge >= 0.3 is 5.97 Å². The van der Waals surface area contributed by atoms with E-state index >= 15 is 0 Å². The van der Waals surface area contributed by atoms with Crippen molar-refractivity contribution >= 4 is 22.8 Å². The lowest BCUT2D eigenvalue weighted by molar-refractivity contribution is -0.138. The predicted molar refractivity (Wildman–Crippen MR) is 74.6 cm³/mol. The van der Waals surface area contributed by atoms with E-state index in [1.807, 2.05) is 30.5 Å². The van der Waals surface area contributed by atoms with E-state index in [4.69, 9.17) is 5.11 Å². The van der Waals surface area contributed by atoms with Crippen molar-refractivity contribution in [2.75, 3.05) is 13.1 Å². The number of carboxylic acids is 1. The number of rotatable bonds is 3. The topological polar surface area (TPSA) is 73.4 Å². The largest absolute Gasteiger partial charge is 0.481 e. The predicted octanol–water partition coefficient (Wildman–Crippen LogP) is 2.10. The molecule has 0 radical (unpaired) electrons. The molecule has 20 heavy (non-hydrogen) atoms. The number of carboxylic acid groups (broad SMARTS) is 1. The van der Waals surface area contributed by atoms with Crippen LogP contribution in [0.3, 0.4) is 0 Å². The highest BCUT2D eigenvalue weighted by Gasteiger charge is 2.29. The number of carbonyl (C=O) groups is 2. The Morgan fingerprint density at radius 1 is 1.35 bits per heavy atom. The smallest absolute Gasteiger partial charge is 0.303 e. The standard InChI is InChI=1S/C15H16N2O3/c18-13(19)8-10-5-7-17(9-10)15(20)12-3-1-2-11-4-6-16-14(11)12/h1-4,6,10,16H,5,7-9H2,(H,18,19). The average molecular weight is 272 g/mol. The third kappa shape index (κ3) is 2.27. The first-order chi connectivity index (χ1) is 9.65. The fourth-order valence-electron chi connectivity index (χ4n) is 2.86. The van der Waals surface area contributed by atoms with E-state index in [0.29, 0.717) is 18.7 Å². The van der Waals surface area contributed by atoms with Crippen molar-refractivity contribution in [2.24, 2.45) is 5.92 Å². The Bertz CT molecular complexity index is 662. The molecular formula is C15H16N2O3. The summed E-state index contributed by atoms with van der Waals surface area (Å²) in [4.78, 5) is 28.1. The molecule has 2 aromatic rings. The summed E-state index contributed by atoms with van der Waals surface area (Å²) in [6.45, 7) is 1.16. The van der Waals surface area contributed by atoms with Crippen molar-refractivity contribution in [1.29, 1.82) is 0 Å². The second-order valence-corrected chi connectivity index (χ2v) is 5.25. The summed E-state index contributed by atoms with van der Waals surface area (Å²) in [5.74, 6) is -0.749. The van der Waals surface area contributed by atoms with E-state index in [0.717, 1.165) is 17.3 Å². The molecule has 0 spiro atoms. The van der Waals surface area contributed by atoms with Gasteiger partial charge in [0, 0.05) is 31.1 Å². The van der Waals surface area contributed by atoms with Crippen LogP contribution in [-0.2, 0) is 4.79 Å². The zero-order chi connectivity index (χ0) is 14.1. The minimum absolute atomic E-state index is 0.0223. The molecule has 5 nitrogen and oxygen atoms in total. The van der Waals surface area contributed by atoms with Gasteiger partial charge in [0.25, 0.3) is 5.91 Å². The monoisotopic (exact) mass is 272 g/mol. The second kappa shape index (κ2) is 5.00. The molecule has 0 saturated carbocycles. The SMILES string of the molecule is O=C(O)CC1CCN(C(=O)c2cccc3cc[nH]c23)C1. The summed E-state index contributed by atoms with van der Waals surface area (Å²) in [5, 5.41) is 9.83. The Morgan fingerprint density at radius 2 is 2.20 bits per heavy atom. The number of hydrogen-bond donors (Lipinski definition) is 2. The number of hydrogen-bond acceptors (Lipinski definition) is 2. The number of H-pyrrole nitrogens is 1. The molecule has 3 rings (SSSR count). The summed E-state index contributed by atoms with van der Waals surface area (Å²) in [6, 6.07) is 7.57. The van der Waals surface area contributed by atoms with Crippen LogP contribution < -0.4 is 0 Å². The van der Waals surface area contributed by atoms with Crippen LogP contribution in [0.15, 0.2) is 30.5 Å². The molecule has 1 amide bonds. The molecule has 1 atom stereocenters. The third-order valence-electron chi connectivity index (χ3n) is 3.85. The fourth-order valence-corrected chi connectivity index (χ4v) is 2.86. The Hall–Kier alpha value is -2.30. The third-order valence-corrected chi connectivity index (χ3v) is 3.85. The molecule has 1 fully saturated rings. The normalized spacial score (nSPS) is 18.6. The molecule has 1 aromatic heterocycles. The number of aromatic amines is 1. The Morgan fingerprint density at radius 3 is 3.00 bits per heavy atom. The van der Waals surface area contributed by atoms with Gasteiger partial charge in [0.05, 0.1) is 11.1 Å². The van der Waals surface area contributed by atoms with Gasteiger partial charge in [-0.1, -0.05) is 12.1 Å². The highest BCUT2D eigenvalue weighted by Crippen LogP contribution is 2.24. The Kier molecular flexibility index (Phi) is 3.18. The summed E-state index contributed by atoms with van der Waals surface area (Å²) in [6.07, 6.45) is 2.72. The summed E-state index contributed by atoms with van der Waals surface area (Å²) >= 11 is 0. The number of nitrogens with one attached hydrogen (secondary N) is 1. The maximum atomic E-state index is 12.5. The van der Waals surface area contributed by atoms with Crippen molar-refractivity contribution in [2.45, 2.75) is 12.8 Å². The summed E-state index contributed by atoms with van der Waals surface area (Å²) < 4.78 is 0. The van der Waals surface area contributed by atoms with Gasteiger partial charge in [-0.05, 0) is 24.5 Å². The molecule has 1 aliphatic rings. The van der Waals surface area contributed by atoms with Gasteiger partial charge in [-0.3, -0.25) is 9.59 Å². The first-order valence-electron chi connectivity index (χ1n) is 6.72. The molecule has 1 aliphatic heterocycles. The average Bonchev–Trinajstić information content (AvgIpc) is 3.05.